The average molecular weight is 438 g/mol. The second kappa shape index (κ2) is 6.01. The first-order valence-corrected chi connectivity index (χ1v) is 9.16. The number of halogens is 2. The molecule has 2 aromatic heterocycles. The Morgan fingerprint density at radius 2 is 2.16 bits per heavy atom. The highest BCUT2D eigenvalue weighted by Crippen LogP contribution is 2.41. The maximum absolute atomic E-state index is 12.8. The van der Waals surface area contributed by atoms with Crippen LogP contribution >= 0.6 is 38.9 Å². The van der Waals surface area contributed by atoms with Gasteiger partial charge in [-0.25, -0.2) is 9.38 Å². The molecule has 0 atom stereocenters. The van der Waals surface area contributed by atoms with Crippen LogP contribution in [0.15, 0.2) is 39.6 Å². The van der Waals surface area contributed by atoms with Gasteiger partial charge in [-0.2, -0.15) is 0 Å². The first kappa shape index (κ1) is 16.4. The molecule has 0 spiro atoms. The van der Waals surface area contributed by atoms with Gasteiger partial charge in [0.05, 0.1) is 22.7 Å². The van der Waals surface area contributed by atoms with Gasteiger partial charge in [0.25, 0.3) is 5.56 Å². The van der Waals surface area contributed by atoms with Crippen molar-refractivity contribution in [1.29, 1.82) is 0 Å². The Morgan fingerprint density at radius 3 is 2.92 bits per heavy atom. The maximum Gasteiger partial charge on any atom is 0.274 e. The molecule has 126 valence electrons. The van der Waals surface area contributed by atoms with Crippen molar-refractivity contribution >= 4 is 60.9 Å². The molecule has 0 radical (unpaired) electrons. The number of phenols is 1. The Hall–Kier alpha value is -2.09. The summed E-state index contributed by atoms with van der Waals surface area (Å²) in [7, 11) is 1.44. The lowest BCUT2D eigenvalue weighted by atomic mass is 10.2. The fourth-order valence-corrected chi connectivity index (χ4v) is 4.22. The number of fused-ring (bicyclic) bond motifs is 3. The average Bonchev–Trinajstić information content (AvgIpc) is 3.12. The molecule has 8 heteroatoms. The topological polar surface area (TPSA) is 63.8 Å². The summed E-state index contributed by atoms with van der Waals surface area (Å²) in [5, 5.41) is 10.1. The van der Waals surface area contributed by atoms with Gasteiger partial charge in [0, 0.05) is 4.47 Å². The molecule has 4 aromatic rings. The van der Waals surface area contributed by atoms with Crippen LogP contribution < -0.4 is 14.8 Å². The predicted molar refractivity (Wildman–Crippen MR) is 103 cm³/mol. The van der Waals surface area contributed by atoms with E-state index in [0.29, 0.717) is 19.5 Å². The normalized spacial score (nSPS) is 12.4. The van der Waals surface area contributed by atoms with E-state index >= 15 is 0 Å². The number of para-hydroxylation sites is 2. The second-order valence-electron chi connectivity index (χ2n) is 5.28. The van der Waals surface area contributed by atoms with Crippen LogP contribution in [-0.2, 0) is 0 Å². The van der Waals surface area contributed by atoms with Crippen molar-refractivity contribution in [2.45, 2.75) is 0 Å². The highest BCUT2D eigenvalue weighted by molar-refractivity contribution is 9.10. The fourth-order valence-electron chi connectivity index (χ4n) is 2.63. The molecule has 0 unspecified atom stereocenters. The minimum absolute atomic E-state index is 0.129. The van der Waals surface area contributed by atoms with Crippen molar-refractivity contribution in [2.75, 3.05) is 7.11 Å². The highest BCUT2D eigenvalue weighted by atomic mass is 79.9. The van der Waals surface area contributed by atoms with Gasteiger partial charge in [0.2, 0.25) is 0 Å². The van der Waals surface area contributed by atoms with Gasteiger partial charge in [-0.15, -0.1) is 0 Å². The van der Waals surface area contributed by atoms with Gasteiger partial charge < -0.3 is 9.84 Å². The molecule has 0 saturated heterocycles. The van der Waals surface area contributed by atoms with Crippen molar-refractivity contribution < 1.29 is 9.84 Å². The van der Waals surface area contributed by atoms with E-state index in [9.17, 15) is 9.90 Å². The Morgan fingerprint density at radius 1 is 1.40 bits per heavy atom. The first-order chi connectivity index (χ1) is 12.0. The van der Waals surface area contributed by atoms with Crippen LogP contribution in [-0.4, -0.2) is 21.6 Å². The van der Waals surface area contributed by atoms with Crippen LogP contribution in [0.1, 0.15) is 5.56 Å². The SMILES string of the molecule is COc1cc(/C=c2\sc3nc4ccccc4n3c2=O)c(Br)c(Cl)c1O. The van der Waals surface area contributed by atoms with Gasteiger partial charge in [0.15, 0.2) is 16.5 Å². The van der Waals surface area contributed by atoms with Crippen LogP contribution in [0, 0.1) is 0 Å². The molecule has 5 nitrogen and oxygen atoms in total. The summed E-state index contributed by atoms with van der Waals surface area (Å²) in [5.41, 5.74) is 2.04. The van der Waals surface area contributed by atoms with Crippen molar-refractivity contribution in [2.24, 2.45) is 0 Å². The third kappa shape index (κ3) is 2.50. The number of methoxy groups -OCH3 is 1. The van der Waals surface area contributed by atoms with Crippen molar-refractivity contribution in [3.8, 4) is 11.5 Å². The molecule has 2 heterocycles. The number of aromatic nitrogens is 2. The summed E-state index contributed by atoms with van der Waals surface area (Å²) in [6.45, 7) is 0. The molecule has 0 fully saturated rings. The Labute approximate surface area is 158 Å². The van der Waals surface area contributed by atoms with E-state index in [-0.39, 0.29) is 22.1 Å². The highest BCUT2D eigenvalue weighted by Gasteiger charge is 2.15. The van der Waals surface area contributed by atoms with Crippen molar-refractivity contribution in [3.63, 3.8) is 0 Å². The molecule has 2 aromatic carbocycles. The minimum atomic E-state index is -0.150. The van der Waals surface area contributed by atoms with E-state index in [2.05, 4.69) is 20.9 Å². The van der Waals surface area contributed by atoms with Gasteiger partial charge in [-0.1, -0.05) is 35.1 Å². The monoisotopic (exact) mass is 436 g/mol. The number of thiazole rings is 1. The third-order valence-electron chi connectivity index (χ3n) is 3.83. The number of hydrogen-bond donors (Lipinski definition) is 1. The maximum atomic E-state index is 12.8. The van der Waals surface area contributed by atoms with Crippen LogP contribution in [0.25, 0.3) is 22.1 Å². The number of imidazole rings is 1. The smallest absolute Gasteiger partial charge is 0.274 e. The molecule has 0 aliphatic heterocycles. The van der Waals surface area contributed by atoms with Crippen LogP contribution in [0.2, 0.25) is 5.02 Å². The summed E-state index contributed by atoms with van der Waals surface area (Å²) >= 11 is 10.8. The number of rotatable bonds is 2. The van der Waals surface area contributed by atoms with Gasteiger partial charge >= 0.3 is 0 Å². The van der Waals surface area contributed by atoms with E-state index < -0.39 is 0 Å². The molecule has 0 aliphatic carbocycles. The number of ether oxygens (including phenoxy) is 1. The fraction of sp³-hybridized carbons (Fsp3) is 0.0588. The number of aromatic hydroxyl groups is 1. The zero-order valence-electron chi connectivity index (χ0n) is 12.8. The summed E-state index contributed by atoms with van der Waals surface area (Å²) in [5.74, 6) is 0.0844. The lowest BCUT2D eigenvalue weighted by molar-refractivity contribution is 0.373. The summed E-state index contributed by atoms with van der Waals surface area (Å²) in [6, 6.07) is 9.12. The molecule has 0 bridgehead atoms. The number of benzene rings is 2. The third-order valence-corrected chi connectivity index (χ3v) is 6.25. The second-order valence-corrected chi connectivity index (χ2v) is 7.46. The summed E-state index contributed by atoms with van der Waals surface area (Å²) < 4.78 is 7.72. The summed E-state index contributed by atoms with van der Waals surface area (Å²) in [6.07, 6.45) is 1.70. The van der Waals surface area contributed by atoms with Crippen molar-refractivity contribution in [1.82, 2.24) is 9.38 Å². The number of hydrogen-bond acceptors (Lipinski definition) is 5. The molecular formula is C17H10BrClN2O3S. The zero-order chi connectivity index (χ0) is 17.7. The standard InChI is InChI=1S/C17H10BrClN2O3S/c1-24-11-6-8(13(18)14(19)15(11)22)7-12-16(23)21-10-5-3-2-4-9(10)20-17(21)25-12/h2-7,22H,1H3/b12-7-. The van der Waals surface area contributed by atoms with Crippen LogP contribution in [0.5, 0.6) is 11.5 Å². The minimum Gasteiger partial charge on any atom is -0.503 e. The molecule has 25 heavy (non-hydrogen) atoms. The number of phenolic OH excluding ortho intramolecular Hbond substituents is 1. The Bertz CT molecular complexity index is 1250. The molecular weight excluding hydrogens is 428 g/mol. The van der Waals surface area contributed by atoms with E-state index in [0.717, 1.165) is 11.0 Å². The van der Waals surface area contributed by atoms with Crippen molar-refractivity contribution in [3.05, 3.63) is 60.3 Å². The molecule has 0 aliphatic rings. The zero-order valence-corrected chi connectivity index (χ0v) is 15.9. The van der Waals surface area contributed by atoms with E-state index in [1.165, 1.54) is 18.4 Å². The quantitative estimate of drug-likeness (QED) is 0.520. The Balaban J connectivity index is 2.01. The van der Waals surface area contributed by atoms with Gasteiger partial charge in [-0.05, 0) is 45.8 Å². The van der Waals surface area contributed by atoms with Crippen LogP contribution in [0.4, 0.5) is 0 Å². The predicted octanol–water partition coefficient (Wildman–Crippen LogP) is 3.59. The molecule has 1 N–H and O–H groups in total. The first-order valence-electron chi connectivity index (χ1n) is 7.18. The van der Waals surface area contributed by atoms with E-state index in [4.69, 9.17) is 16.3 Å². The molecule has 4 rings (SSSR count). The van der Waals surface area contributed by atoms with Crippen LogP contribution in [0.3, 0.4) is 0 Å². The number of nitrogens with zero attached hydrogens (tertiary/aromatic N) is 2. The lowest BCUT2D eigenvalue weighted by Crippen LogP contribution is -2.22. The summed E-state index contributed by atoms with van der Waals surface area (Å²) in [4.78, 5) is 17.9. The lowest BCUT2D eigenvalue weighted by Gasteiger charge is -2.09. The molecule has 0 saturated carbocycles. The van der Waals surface area contributed by atoms with Gasteiger partial charge in [-0.3, -0.25) is 4.79 Å². The largest absolute Gasteiger partial charge is 0.503 e. The van der Waals surface area contributed by atoms with E-state index in [1.807, 2.05) is 24.3 Å². The van der Waals surface area contributed by atoms with E-state index in [1.54, 1.807) is 16.5 Å². The Kier molecular flexibility index (Phi) is 3.94. The molecule has 0 amide bonds. The van der Waals surface area contributed by atoms with Gasteiger partial charge in [0.1, 0.15) is 5.02 Å².